The number of carbonyl (C=O) groups excluding carboxylic acids is 1. The van der Waals surface area contributed by atoms with Crippen LogP contribution >= 0.6 is 0 Å². The smallest absolute Gasteiger partial charge is 0.230 e. The van der Waals surface area contributed by atoms with E-state index in [2.05, 4.69) is 24.1 Å². The van der Waals surface area contributed by atoms with Gasteiger partial charge in [-0.15, -0.1) is 0 Å². The van der Waals surface area contributed by atoms with E-state index in [1.54, 1.807) is 0 Å². The summed E-state index contributed by atoms with van der Waals surface area (Å²) in [7, 11) is 0. The zero-order chi connectivity index (χ0) is 17.1. The number of aromatic nitrogens is 1. The van der Waals surface area contributed by atoms with Gasteiger partial charge in [0.15, 0.2) is 0 Å². The fourth-order valence-corrected chi connectivity index (χ4v) is 2.78. The molecule has 1 amide bonds. The molecule has 0 saturated carbocycles. The molecule has 122 valence electrons. The quantitative estimate of drug-likeness (QED) is 0.711. The van der Waals surface area contributed by atoms with Crippen LogP contribution in [0.15, 0.2) is 54.6 Å². The lowest BCUT2D eigenvalue weighted by atomic mass is 10.0. The Morgan fingerprint density at radius 2 is 1.88 bits per heavy atom. The molecule has 0 aliphatic heterocycles. The molecule has 0 unspecified atom stereocenters. The number of amides is 1. The number of nitrogens with zero attached hydrogens (tertiary/aromatic N) is 1. The fraction of sp³-hybridized carbons (Fsp3) is 0.200. The number of carbonyl (C=O) groups is 1. The molecule has 2 aromatic carbocycles. The number of rotatable bonds is 4. The van der Waals surface area contributed by atoms with Crippen LogP contribution in [0.2, 0.25) is 0 Å². The number of hydrogen-bond donors (Lipinski definition) is 2. The van der Waals surface area contributed by atoms with E-state index in [0.717, 1.165) is 22.2 Å². The number of nitrogens with two attached hydrogens (primary N) is 1. The van der Waals surface area contributed by atoms with E-state index >= 15 is 0 Å². The number of para-hydroxylation sites is 2. The first-order chi connectivity index (χ1) is 11.5. The highest BCUT2D eigenvalue weighted by Crippen LogP contribution is 2.24. The molecule has 4 heteroatoms. The number of pyridine rings is 1. The minimum absolute atomic E-state index is 0.0792. The lowest BCUT2D eigenvalue weighted by Gasteiger charge is -2.13. The van der Waals surface area contributed by atoms with Crippen molar-refractivity contribution in [3.63, 3.8) is 0 Å². The standard InChI is InChI=1S/C20H21N3O/c1-13(2)16-7-3-4-9-18(16)23-19(24)12-15-11-10-14-6-5-8-17(21)20(14)22-15/h3-11,13H,12,21H2,1-2H3,(H,23,24). The summed E-state index contributed by atoms with van der Waals surface area (Å²) in [6.45, 7) is 4.22. The van der Waals surface area contributed by atoms with Crippen molar-refractivity contribution in [1.82, 2.24) is 4.98 Å². The molecule has 3 rings (SSSR count). The summed E-state index contributed by atoms with van der Waals surface area (Å²) in [5, 5.41) is 3.97. The predicted molar refractivity (Wildman–Crippen MR) is 99.0 cm³/mol. The van der Waals surface area contributed by atoms with Crippen molar-refractivity contribution >= 4 is 28.2 Å². The first-order valence-corrected chi connectivity index (χ1v) is 8.07. The van der Waals surface area contributed by atoms with Crippen molar-refractivity contribution in [3.05, 3.63) is 65.9 Å². The molecule has 0 saturated heterocycles. The summed E-state index contributed by atoms with van der Waals surface area (Å²) in [5.41, 5.74) is 10.0. The normalized spacial score (nSPS) is 11.0. The second-order valence-corrected chi connectivity index (χ2v) is 6.19. The minimum Gasteiger partial charge on any atom is -0.397 e. The SMILES string of the molecule is CC(C)c1ccccc1NC(=O)Cc1ccc2cccc(N)c2n1. The third-order valence-electron chi connectivity index (χ3n) is 4.01. The number of fused-ring (bicyclic) bond motifs is 1. The molecule has 3 N–H and O–H groups in total. The van der Waals surface area contributed by atoms with Gasteiger partial charge in [-0.3, -0.25) is 9.78 Å². The summed E-state index contributed by atoms with van der Waals surface area (Å²) < 4.78 is 0. The second kappa shape index (κ2) is 6.71. The van der Waals surface area contributed by atoms with Crippen molar-refractivity contribution in [2.75, 3.05) is 11.1 Å². The van der Waals surface area contributed by atoms with Gasteiger partial charge >= 0.3 is 0 Å². The highest BCUT2D eigenvalue weighted by molar-refractivity contribution is 5.94. The Kier molecular flexibility index (Phi) is 4.47. The topological polar surface area (TPSA) is 68.0 Å². The predicted octanol–water partition coefficient (Wildman–Crippen LogP) is 4.12. The van der Waals surface area contributed by atoms with Gasteiger partial charge in [0.2, 0.25) is 5.91 Å². The van der Waals surface area contributed by atoms with Crippen molar-refractivity contribution in [2.24, 2.45) is 0 Å². The van der Waals surface area contributed by atoms with Crippen LogP contribution in [0.1, 0.15) is 31.0 Å². The van der Waals surface area contributed by atoms with E-state index in [1.165, 1.54) is 0 Å². The van der Waals surface area contributed by atoms with Crippen LogP contribution in [0.5, 0.6) is 0 Å². The van der Waals surface area contributed by atoms with Gasteiger partial charge in [-0.05, 0) is 29.7 Å². The lowest BCUT2D eigenvalue weighted by molar-refractivity contribution is -0.115. The van der Waals surface area contributed by atoms with Crippen LogP contribution < -0.4 is 11.1 Å². The second-order valence-electron chi connectivity index (χ2n) is 6.19. The van der Waals surface area contributed by atoms with E-state index in [-0.39, 0.29) is 12.3 Å². The van der Waals surface area contributed by atoms with Gasteiger partial charge in [0.1, 0.15) is 0 Å². The van der Waals surface area contributed by atoms with E-state index < -0.39 is 0 Å². The highest BCUT2D eigenvalue weighted by atomic mass is 16.1. The molecule has 0 spiro atoms. The molecule has 0 aliphatic rings. The van der Waals surface area contributed by atoms with Crippen LogP contribution in [0.3, 0.4) is 0 Å². The fourth-order valence-electron chi connectivity index (χ4n) is 2.78. The van der Waals surface area contributed by atoms with Gasteiger partial charge in [0.25, 0.3) is 0 Å². The number of nitrogen functional groups attached to an aromatic ring is 1. The molecule has 1 heterocycles. The Labute approximate surface area is 141 Å². The molecule has 3 aromatic rings. The third kappa shape index (κ3) is 3.38. The number of benzene rings is 2. The van der Waals surface area contributed by atoms with Gasteiger partial charge in [-0.25, -0.2) is 0 Å². The zero-order valence-electron chi connectivity index (χ0n) is 13.9. The number of anilines is 2. The van der Waals surface area contributed by atoms with Gasteiger partial charge in [0.05, 0.1) is 23.3 Å². The number of hydrogen-bond acceptors (Lipinski definition) is 3. The molecule has 24 heavy (non-hydrogen) atoms. The summed E-state index contributed by atoms with van der Waals surface area (Å²) in [6.07, 6.45) is 0.219. The summed E-state index contributed by atoms with van der Waals surface area (Å²) >= 11 is 0. The van der Waals surface area contributed by atoms with Crippen LogP contribution in [-0.2, 0) is 11.2 Å². The Morgan fingerprint density at radius 3 is 2.67 bits per heavy atom. The minimum atomic E-state index is -0.0792. The van der Waals surface area contributed by atoms with Gasteiger partial charge in [-0.2, -0.15) is 0 Å². The molecule has 4 nitrogen and oxygen atoms in total. The summed E-state index contributed by atoms with van der Waals surface area (Å²) in [5.74, 6) is 0.268. The Hall–Kier alpha value is -2.88. The molecule has 1 aromatic heterocycles. The zero-order valence-corrected chi connectivity index (χ0v) is 13.9. The van der Waals surface area contributed by atoms with E-state index in [4.69, 9.17) is 5.73 Å². The molecule has 0 radical (unpaired) electrons. The van der Waals surface area contributed by atoms with Crippen molar-refractivity contribution < 1.29 is 4.79 Å². The lowest BCUT2D eigenvalue weighted by Crippen LogP contribution is -2.16. The van der Waals surface area contributed by atoms with Gasteiger partial charge < -0.3 is 11.1 Å². The van der Waals surface area contributed by atoms with Crippen LogP contribution in [-0.4, -0.2) is 10.9 Å². The molecule has 0 bridgehead atoms. The van der Waals surface area contributed by atoms with Crippen molar-refractivity contribution in [1.29, 1.82) is 0 Å². The number of nitrogens with one attached hydrogen (secondary N) is 1. The maximum atomic E-state index is 12.4. The monoisotopic (exact) mass is 319 g/mol. The largest absolute Gasteiger partial charge is 0.397 e. The maximum Gasteiger partial charge on any atom is 0.230 e. The van der Waals surface area contributed by atoms with Gasteiger partial charge in [-0.1, -0.05) is 50.2 Å². The summed E-state index contributed by atoms with van der Waals surface area (Å²) in [4.78, 5) is 16.9. The maximum absolute atomic E-state index is 12.4. The molecule has 0 fully saturated rings. The van der Waals surface area contributed by atoms with Crippen molar-refractivity contribution in [2.45, 2.75) is 26.2 Å². The van der Waals surface area contributed by atoms with Crippen molar-refractivity contribution in [3.8, 4) is 0 Å². The van der Waals surface area contributed by atoms with Gasteiger partial charge in [0, 0.05) is 11.1 Å². The highest BCUT2D eigenvalue weighted by Gasteiger charge is 2.11. The Balaban J connectivity index is 1.79. The third-order valence-corrected chi connectivity index (χ3v) is 4.01. The first kappa shape index (κ1) is 16.0. The Morgan fingerprint density at radius 1 is 1.08 bits per heavy atom. The average Bonchev–Trinajstić information content (AvgIpc) is 2.56. The average molecular weight is 319 g/mol. The van der Waals surface area contributed by atoms with E-state index in [0.29, 0.717) is 17.3 Å². The molecular weight excluding hydrogens is 298 g/mol. The van der Waals surface area contributed by atoms with E-state index in [9.17, 15) is 4.79 Å². The Bertz CT molecular complexity index is 887. The summed E-state index contributed by atoms with van der Waals surface area (Å²) in [6, 6.07) is 17.4. The molecule has 0 aliphatic carbocycles. The van der Waals surface area contributed by atoms with Crippen LogP contribution in [0, 0.1) is 0 Å². The van der Waals surface area contributed by atoms with Crippen LogP contribution in [0.4, 0.5) is 11.4 Å². The first-order valence-electron chi connectivity index (χ1n) is 8.07. The van der Waals surface area contributed by atoms with Crippen LogP contribution in [0.25, 0.3) is 10.9 Å². The molecular formula is C20H21N3O. The van der Waals surface area contributed by atoms with E-state index in [1.807, 2.05) is 54.6 Å². The molecule has 0 atom stereocenters.